The summed E-state index contributed by atoms with van der Waals surface area (Å²) in [6, 6.07) is 9.65. The molecule has 9 heteroatoms. The molecule has 0 radical (unpaired) electrons. The molecule has 0 unspecified atom stereocenters. The lowest BCUT2D eigenvalue weighted by molar-refractivity contribution is -0.120. The minimum Gasteiger partial charge on any atom is -0.381 e. The average molecular weight is 535 g/mol. The van der Waals surface area contributed by atoms with Gasteiger partial charge in [-0.3, -0.25) is 4.79 Å². The van der Waals surface area contributed by atoms with Crippen molar-refractivity contribution >= 4 is 22.6 Å². The number of anilines is 1. The highest BCUT2D eigenvalue weighted by molar-refractivity contribution is 5.95. The molecule has 2 aliphatic rings. The van der Waals surface area contributed by atoms with Gasteiger partial charge < -0.3 is 18.7 Å². The minimum atomic E-state index is -0.972. The lowest BCUT2D eigenvalue weighted by Gasteiger charge is -2.37. The van der Waals surface area contributed by atoms with E-state index in [0.29, 0.717) is 24.9 Å². The predicted octanol–water partition coefficient (Wildman–Crippen LogP) is 6.97. The number of fused-ring (bicyclic) bond motifs is 1. The van der Waals surface area contributed by atoms with Gasteiger partial charge in [0, 0.05) is 36.9 Å². The van der Waals surface area contributed by atoms with Crippen LogP contribution in [0.4, 0.5) is 14.5 Å². The molecular weight excluding hydrogens is 502 g/mol. The molecule has 1 atom stereocenters. The molecule has 2 fully saturated rings. The molecule has 1 saturated carbocycles. The van der Waals surface area contributed by atoms with Gasteiger partial charge in [0.1, 0.15) is 11.6 Å². The van der Waals surface area contributed by atoms with Gasteiger partial charge in [-0.2, -0.15) is 0 Å². The van der Waals surface area contributed by atoms with E-state index in [1.54, 1.807) is 12.0 Å². The standard InChI is InChI=1S/C30H32F2N4O3/c1-17-29(18(2)39-34-17)19-7-14-26-25(15-19)33-30(36(26)20-8-11-22(38-3)12-9-20)27-5-4-6-28(37)35(27)21-10-13-23(31)24(32)16-21/h7,10,13-16,20,22,27H,4-6,8-9,11-12H2,1-3H3/t20?,22?,27-/m1/s1. The molecule has 1 aliphatic heterocycles. The summed E-state index contributed by atoms with van der Waals surface area (Å²) in [5.41, 5.74) is 4.89. The number of imidazole rings is 1. The number of methoxy groups -OCH3 is 1. The third-order valence-corrected chi connectivity index (χ3v) is 8.31. The molecule has 3 heterocycles. The highest BCUT2D eigenvalue weighted by Crippen LogP contribution is 2.42. The number of halogens is 2. The van der Waals surface area contributed by atoms with Crippen molar-refractivity contribution in [2.45, 2.75) is 77.0 Å². The first kappa shape index (κ1) is 25.7. The first-order chi connectivity index (χ1) is 18.9. The van der Waals surface area contributed by atoms with Gasteiger partial charge in [-0.25, -0.2) is 13.8 Å². The van der Waals surface area contributed by atoms with E-state index in [1.807, 2.05) is 13.8 Å². The van der Waals surface area contributed by atoms with E-state index in [9.17, 15) is 13.6 Å². The molecule has 0 bridgehead atoms. The van der Waals surface area contributed by atoms with Crippen LogP contribution in [0.2, 0.25) is 0 Å². The fraction of sp³-hybridized carbons (Fsp3) is 0.433. The first-order valence-electron chi connectivity index (χ1n) is 13.6. The Balaban J connectivity index is 1.50. The van der Waals surface area contributed by atoms with E-state index >= 15 is 0 Å². The largest absolute Gasteiger partial charge is 0.381 e. The average Bonchev–Trinajstić information content (AvgIpc) is 3.48. The Bertz CT molecular complexity index is 1520. The molecule has 1 saturated heterocycles. The van der Waals surface area contributed by atoms with Crippen LogP contribution in [-0.4, -0.2) is 33.8 Å². The van der Waals surface area contributed by atoms with Crippen LogP contribution in [0.25, 0.3) is 22.2 Å². The van der Waals surface area contributed by atoms with Crippen molar-refractivity contribution < 1.29 is 22.8 Å². The molecule has 2 aromatic carbocycles. The van der Waals surface area contributed by atoms with Gasteiger partial charge >= 0.3 is 0 Å². The Morgan fingerprint density at radius 1 is 1.00 bits per heavy atom. The number of benzene rings is 2. The van der Waals surface area contributed by atoms with Gasteiger partial charge in [0.25, 0.3) is 0 Å². The number of carbonyl (C=O) groups is 1. The normalized spacial score (nSPS) is 22.1. The molecule has 4 aromatic rings. The Hall–Kier alpha value is -3.59. The van der Waals surface area contributed by atoms with Crippen LogP contribution in [0, 0.1) is 25.5 Å². The Kier molecular flexibility index (Phi) is 6.71. The van der Waals surface area contributed by atoms with E-state index in [2.05, 4.69) is 27.9 Å². The third-order valence-electron chi connectivity index (χ3n) is 8.31. The van der Waals surface area contributed by atoms with Crippen molar-refractivity contribution in [3.05, 3.63) is 65.3 Å². The molecular formula is C30H32F2N4O3. The van der Waals surface area contributed by atoms with Crippen LogP contribution in [0.1, 0.15) is 74.3 Å². The monoisotopic (exact) mass is 534 g/mol. The van der Waals surface area contributed by atoms with Crippen LogP contribution in [0.15, 0.2) is 40.9 Å². The van der Waals surface area contributed by atoms with Crippen molar-refractivity contribution in [1.29, 1.82) is 0 Å². The molecule has 0 N–H and O–H groups in total. The first-order valence-corrected chi connectivity index (χ1v) is 13.6. The molecule has 7 nitrogen and oxygen atoms in total. The summed E-state index contributed by atoms with van der Waals surface area (Å²) >= 11 is 0. The molecule has 204 valence electrons. The Labute approximate surface area is 225 Å². The number of hydrogen-bond acceptors (Lipinski definition) is 5. The smallest absolute Gasteiger partial charge is 0.227 e. The molecule has 0 spiro atoms. The number of rotatable bonds is 5. The quantitative estimate of drug-likeness (QED) is 0.276. The number of aryl methyl sites for hydroxylation is 2. The summed E-state index contributed by atoms with van der Waals surface area (Å²) in [5.74, 6) is -0.504. The Morgan fingerprint density at radius 3 is 2.49 bits per heavy atom. The summed E-state index contributed by atoms with van der Waals surface area (Å²) < 4.78 is 41.4. The number of nitrogens with zero attached hydrogens (tertiary/aromatic N) is 4. The van der Waals surface area contributed by atoms with E-state index < -0.39 is 17.7 Å². The highest BCUT2D eigenvalue weighted by Gasteiger charge is 2.36. The Morgan fingerprint density at radius 2 is 1.79 bits per heavy atom. The van der Waals surface area contributed by atoms with E-state index in [4.69, 9.17) is 14.2 Å². The van der Waals surface area contributed by atoms with Crippen LogP contribution < -0.4 is 4.90 Å². The molecule has 1 aliphatic carbocycles. The van der Waals surface area contributed by atoms with Crippen molar-refractivity contribution in [3.8, 4) is 11.1 Å². The maximum Gasteiger partial charge on any atom is 0.227 e. The van der Waals surface area contributed by atoms with Crippen molar-refractivity contribution in [2.75, 3.05) is 12.0 Å². The maximum absolute atomic E-state index is 14.3. The predicted molar refractivity (Wildman–Crippen MR) is 143 cm³/mol. The van der Waals surface area contributed by atoms with Gasteiger partial charge in [-0.15, -0.1) is 0 Å². The fourth-order valence-electron chi connectivity index (χ4n) is 6.40. The molecule has 2 aromatic heterocycles. The van der Waals surface area contributed by atoms with Crippen LogP contribution >= 0.6 is 0 Å². The number of ether oxygens (including phenoxy) is 1. The molecule has 6 rings (SSSR count). The van der Waals surface area contributed by atoms with E-state index in [-0.39, 0.29) is 18.1 Å². The van der Waals surface area contributed by atoms with Crippen molar-refractivity contribution in [3.63, 3.8) is 0 Å². The van der Waals surface area contributed by atoms with E-state index in [0.717, 1.165) is 77.3 Å². The molecule has 39 heavy (non-hydrogen) atoms. The maximum atomic E-state index is 14.3. The van der Waals surface area contributed by atoms with Gasteiger partial charge in [0.05, 0.1) is 28.9 Å². The summed E-state index contributed by atoms with van der Waals surface area (Å²) in [5, 5.41) is 4.11. The summed E-state index contributed by atoms with van der Waals surface area (Å²) in [6.45, 7) is 3.81. The minimum absolute atomic E-state index is 0.115. The zero-order valence-electron chi connectivity index (χ0n) is 22.4. The summed E-state index contributed by atoms with van der Waals surface area (Å²) in [7, 11) is 1.76. The topological polar surface area (TPSA) is 73.4 Å². The van der Waals surface area contributed by atoms with Gasteiger partial charge in [-0.1, -0.05) is 11.2 Å². The second-order valence-electron chi connectivity index (χ2n) is 10.7. The third kappa shape index (κ3) is 4.52. The second kappa shape index (κ2) is 10.2. The summed E-state index contributed by atoms with van der Waals surface area (Å²) in [4.78, 5) is 20.0. The highest BCUT2D eigenvalue weighted by atomic mass is 19.2. The number of piperidine rings is 1. The fourth-order valence-corrected chi connectivity index (χ4v) is 6.40. The number of amides is 1. The van der Waals surface area contributed by atoms with E-state index in [1.165, 1.54) is 6.07 Å². The van der Waals surface area contributed by atoms with Crippen LogP contribution in [0.5, 0.6) is 0 Å². The van der Waals surface area contributed by atoms with Crippen LogP contribution in [-0.2, 0) is 9.53 Å². The second-order valence-corrected chi connectivity index (χ2v) is 10.7. The van der Waals surface area contributed by atoms with Gasteiger partial charge in [0.2, 0.25) is 5.91 Å². The van der Waals surface area contributed by atoms with Gasteiger partial charge in [0.15, 0.2) is 11.6 Å². The van der Waals surface area contributed by atoms with Crippen molar-refractivity contribution in [1.82, 2.24) is 14.7 Å². The zero-order valence-corrected chi connectivity index (χ0v) is 22.4. The summed E-state index contributed by atoms with van der Waals surface area (Å²) in [6.07, 6.45) is 5.70. The van der Waals surface area contributed by atoms with Crippen LogP contribution in [0.3, 0.4) is 0 Å². The number of hydrogen-bond donors (Lipinski definition) is 0. The molecule has 1 amide bonds. The number of carbonyl (C=O) groups excluding carboxylic acids is 1. The lowest BCUT2D eigenvalue weighted by Crippen LogP contribution is -2.40. The number of aromatic nitrogens is 3. The van der Waals surface area contributed by atoms with Crippen molar-refractivity contribution in [2.24, 2.45) is 0 Å². The van der Waals surface area contributed by atoms with Gasteiger partial charge in [-0.05, 0) is 82.2 Å². The SMILES string of the molecule is COC1CCC(n2c([C@H]3CCCC(=O)N3c3ccc(F)c(F)c3)nc3cc(-c4c(C)noc4C)ccc32)CC1. The zero-order chi connectivity index (χ0) is 27.3. The lowest BCUT2D eigenvalue weighted by atomic mass is 9.91.